The minimum absolute atomic E-state index is 0.274. The van der Waals surface area contributed by atoms with Gasteiger partial charge in [0, 0.05) is 15.6 Å². The third kappa shape index (κ3) is 3.85. The zero-order valence-corrected chi connectivity index (χ0v) is 10.7. The summed E-state index contributed by atoms with van der Waals surface area (Å²) in [6.45, 7) is 0.782. The maximum Gasteiger partial charge on any atom is 0.251 e. The molecule has 0 aliphatic rings. The van der Waals surface area contributed by atoms with Crippen LogP contribution in [-0.4, -0.2) is 34.9 Å². The highest BCUT2D eigenvalue weighted by Crippen LogP contribution is 2.19. The Bertz CT molecular complexity index is 399. The van der Waals surface area contributed by atoms with Gasteiger partial charge in [0.15, 0.2) is 0 Å². The van der Waals surface area contributed by atoms with E-state index >= 15 is 0 Å². The molecule has 0 atom stereocenters. The van der Waals surface area contributed by atoms with Gasteiger partial charge in [-0.2, -0.15) is 0 Å². The topological polar surface area (TPSA) is 69.6 Å². The van der Waals surface area contributed by atoms with Crippen LogP contribution in [0.4, 0.5) is 0 Å². The lowest BCUT2D eigenvalue weighted by Crippen LogP contribution is -2.51. The van der Waals surface area contributed by atoms with Crippen LogP contribution in [0.5, 0.6) is 0 Å². The fourth-order valence-electron chi connectivity index (χ4n) is 1.16. The van der Waals surface area contributed by atoms with Crippen molar-refractivity contribution < 1.29 is 15.0 Å². The zero-order chi connectivity index (χ0) is 13.1. The molecule has 1 aromatic carbocycles. The SMILES string of the molecule is CC(CO)(CO)NC(=O)c1cc(Cl)cc(Cl)c1. The van der Waals surface area contributed by atoms with Gasteiger partial charge in [0.1, 0.15) is 0 Å². The normalized spacial score (nSPS) is 11.4. The number of nitrogens with one attached hydrogen (secondary N) is 1. The van der Waals surface area contributed by atoms with E-state index in [-0.39, 0.29) is 18.8 Å². The Morgan fingerprint density at radius 3 is 2.12 bits per heavy atom. The minimum atomic E-state index is -1.08. The van der Waals surface area contributed by atoms with Crippen molar-refractivity contribution in [2.24, 2.45) is 0 Å². The number of amides is 1. The van der Waals surface area contributed by atoms with E-state index in [0.29, 0.717) is 10.0 Å². The molecule has 0 spiro atoms. The standard InChI is InChI=1S/C11H13Cl2NO3/c1-11(5-15,6-16)14-10(17)7-2-8(12)4-9(13)3-7/h2-4,15-16H,5-6H2,1H3,(H,14,17). The number of halogens is 2. The lowest BCUT2D eigenvalue weighted by Gasteiger charge is -2.26. The molecule has 0 saturated heterocycles. The Kier molecular flexibility index (Phi) is 4.77. The van der Waals surface area contributed by atoms with Crippen molar-refractivity contribution >= 4 is 29.1 Å². The number of carbonyl (C=O) groups is 1. The lowest BCUT2D eigenvalue weighted by molar-refractivity contribution is 0.0724. The molecule has 1 rings (SSSR count). The van der Waals surface area contributed by atoms with Gasteiger partial charge in [0.05, 0.1) is 18.8 Å². The monoisotopic (exact) mass is 277 g/mol. The molecule has 0 bridgehead atoms. The van der Waals surface area contributed by atoms with E-state index in [0.717, 1.165) is 0 Å². The highest BCUT2D eigenvalue weighted by atomic mass is 35.5. The third-order valence-corrected chi connectivity index (χ3v) is 2.67. The van der Waals surface area contributed by atoms with Crippen LogP contribution in [0.2, 0.25) is 10.0 Å². The Balaban J connectivity index is 2.90. The number of aliphatic hydroxyl groups excluding tert-OH is 2. The molecule has 1 aromatic rings. The molecule has 0 aliphatic carbocycles. The molecule has 0 heterocycles. The van der Waals surface area contributed by atoms with Crippen LogP contribution in [0, 0.1) is 0 Å². The van der Waals surface area contributed by atoms with Gasteiger partial charge in [-0.3, -0.25) is 4.79 Å². The molecule has 0 aromatic heterocycles. The molecule has 17 heavy (non-hydrogen) atoms. The lowest BCUT2D eigenvalue weighted by atomic mass is 10.0. The van der Waals surface area contributed by atoms with Crippen molar-refractivity contribution in [2.75, 3.05) is 13.2 Å². The molecule has 4 nitrogen and oxygen atoms in total. The Morgan fingerprint density at radius 2 is 1.71 bits per heavy atom. The molecule has 0 saturated carbocycles. The molecule has 3 N–H and O–H groups in total. The van der Waals surface area contributed by atoms with E-state index in [1.54, 1.807) is 0 Å². The number of benzene rings is 1. The number of aliphatic hydroxyl groups is 2. The van der Waals surface area contributed by atoms with Gasteiger partial charge in [-0.15, -0.1) is 0 Å². The van der Waals surface area contributed by atoms with Crippen LogP contribution in [0.25, 0.3) is 0 Å². The van der Waals surface area contributed by atoms with Crippen molar-refractivity contribution in [3.63, 3.8) is 0 Å². The number of rotatable bonds is 4. The summed E-state index contributed by atoms with van der Waals surface area (Å²) in [6.07, 6.45) is 0. The van der Waals surface area contributed by atoms with Crippen molar-refractivity contribution in [1.29, 1.82) is 0 Å². The van der Waals surface area contributed by atoms with Gasteiger partial charge in [-0.1, -0.05) is 23.2 Å². The van der Waals surface area contributed by atoms with Crippen molar-refractivity contribution in [1.82, 2.24) is 5.32 Å². The molecule has 0 radical (unpaired) electrons. The highest BCUT2D eigenvalue weighted by molar-refractivity contribution is 6.35. The fraction of sp³-hybridized carbons (Fsp3) is 0.364. The molecule has 6 heteroatoms. The van der Waals surface area contributed by atoms with Crippen LogP contribution in [0.1, 0.15) is 17.3 Å². The van der Waals surface area contributed by atoms with Crippen molar-refractivity contribution in [2.45, 2.75) is 12.5 Å². The molecule has 0 fully saturated rings. The summed E-state index contributed by atoms with van der Waals surface area (Å²) in [7, 11) is 0. The van der Waals surface area contributed by atoms with E-state index in [2.05, 4.69) is 5.32 Å². The second kappa shape index (κ2) is 5.69. The highest BCUT2D eigenvalue weighted by Gasteiger charge is 2.25. The smallest absolute Gasteiger partial charge is 0.251 e. The number of hydrogen-bond donors (Lipinski definition) is 3. The number of hydrogen-bond acceptors (Lipinski definition) is 3. The summed E-state index contributed by atoms with van der Waals surface area (Å²) in [6, 6.07) is 4.42. The van der Waals surface area contributed by atoms with Crippen LogP contribution in [0.15, 0.2) is 18.2 Å². The fourth-order valence-corrected chi connectivity index (χ4v) is 1.69. The van der Waals surface area contributed by atoms with Gasteiger partial charge in [0.2, 0.25) is 0 Å². The molecule has 1 amide bonds. The first-order valence-electron chi connectivity index (χ1n) is 4.90. The second-order valence-corrected chi connectivity index (χ2v) is 4.86. The molecular weight excluding hydrogens is 265 g/mol. The summed E-state index contributed by atoms with van der Waals surface area (Å²) >= 11 is 11.5. The average Bonchev–Trinajstić information content (AvgIpc) is 2.27. The number of carbonyl (C=O) groups excluding carboxylic acids is 1. The predicted molar refractivity (Wildman–Crippen MR) is 66.5 cm³/mol. The third-order valence-electron chi connectivity index (χ3n) is 2.24. The van der Waals surface area contributed by atoms with E-state index in [4.69, 9.17) is 33.4 Å². The second-order valence-electron chi connectivity index (χ2n) is 3.99. The van der Waals surface area contributed by atoms with Gasteiger partial charge < -0.3 is 15.5 Å². The summed E-state index contributed by atoms with van der Waals surface area (Å²) < 4.78 is 0. The predicted octanol–water partition coefficient (Wildman–Crippen LogP) is 1.47. The zero-order valence-electron chi connectivity index (χ0n) is 9.20. The molecule has 0 unspecified atom stereocenters. The molecule has 0 aliphatic heterocycles. The Hall–Kier alpha value is -0.810. The van der Waals surface area contributed by atoms with E-state index in [9.17, 15) is 4.79 Å². The van der Waals surface area contributed by atoms with Crippen molar-refractivity contribution in [3.8, 4) is 0 Å². The van der Waals surface area contributed by atoms with Gasteiger partial charge in [0.25, 0.3) is 5.91 Å². The van der Waals surface area contributed by atoms with Gasteiger partial charge >= 0.3 is 0 Å². The van der Waals surface area contributed by atoms with Crippen molar-refractivity contribution in [3.05, 3.63) is 33.8 Å². The largest absolute Gasteiger partial charge is 0.394 e. The van der Waals surface area contributed by atoms with E-state index in [1.165, 1.54) is 25.1 Å². The van der Waals surface area contributed by atoms with Crippen LogP contribution >= 0.6 is 23.2 Å². The first-order chi connectivity index (χ1) is 7.90. The minimum Gasteiger partial charge on any atom is -0.394 e. The molecular formula is C11H13Cl2NO3. The van der Waals surface area contributed by atoms with Crippen LogP contribution in [-0.2, 0) is 0 Å². The van der Waals surface area contributed by atoms with Crippen LogP contribution < -0.4 is 5.32 Å². The van der Waals surface area contributed by atoms with E-state index in [1.807, 2.05) is 0 Å². The summed E-state index contributed by atoms with van der Waals surface area (Å²) in [5.41, 5.74) is -0.804. The average molecular weight is 278 g/mol. The Morgan fingerprint density at radius 1 is 1.24 bits per heavy atom. The summed E-state index contributed by atoms with van der Waals surface area (Å²) in [5.74, 6) is -0.458. The quantitative estimate of drug-likeness (QED) is 0.781. The van der Waals surface area contributed by atoms with Gasteiger partial charge in [-0.05, 0) is 25.1 Å². The molecule has 94 valence electrons. The first-order valence-corrected chi connectivity index (χ1v) is 5.66. The maximum absolute atomic E-state index is 11.8. The summed E-state index contributed by atoms with van der Waals surface area (Å²) in [4.78, 5) is 11.8. The summed E-state index contributed by atoms with van der Waals surface area (Å²) in [5, 5.41) is 21.3. The Labute approximate surface area is 109 Å². The maximum atomic E-state index is 11.8. The van der Waals surface area contributed by atoms with E-state index < -0.39 is 11.4 Å². The first kappa shape index (κ1) is 14.3. The van der Waals surface area contributed by atoms with Crippen LogP contribution in [0.3, 0.4) is 0 Å². The van der Waals surface area contributed by atoms with Gasteiger partial charge in [-0.25, -0.2) is 0 Å².